The summed E-state index contributed by atoms with van der Waals surface area (Å²) in [5.74, 6) is 0.240. The highest BCUT2D eigenvalue weighted by Crippen LogP contribution is 2.36. The molecule has 8 nitrogen and oxygen atoms in total. The van der Waals surface area contributed by atoms with Crippen molar-refractivity contribution in [3.05, 3.63) is 71.2 Å². The van der Waals surface area contributed by atoms with Crippen LogP contribution < -0.4 is 5.73 Å². The van der Waals surface area contributed by atoms with Gasteiger partial charge in [0.05, 0.1) is 36.4 Å². The van der Waals surface area contributed by atoms with E-state index < -0.39 is 0 Å². The van der Waals surface area contributed by atoms with Crippen LogP contribution in [0, 0.1) is 0 Å². The minimum Gasteiger partial charge on any atom is -0.378 e. The minimum atomic E-state index is 0.240. The van der Waals surface area contributed by atoms with Gasteiger partial charge in [0, 0.05) is 18.2 Å². The van der Waals surface area contributed by atoms with Crippen LogP contribution in [0.4, 0.5) is 5.95 Å². The Morgan fingerprint density at radius 3 is 2.70 bits per heavy atom. The number of fused-ring (bicyclic) bond motifs is 3. The molecule has 150 valence electrons. The minimum absolute atomic E-state index is 0.240. The number of anilines is 1. The number of aryl methyl sites for hydroxylation is 1. The summed E-state index contributed by atoms with van der Waals surface area (Å²) >= 11 is 0. The largest absolute Gasteiger partial charge is 0.378 e. The highest BCUT2D eigenvalue weighted by Gasteiger charge is 2.23. The average molecular weight is 399 g/mol. The van der Waals surface area contributed by atoms with Crippen molar-refractivity contribution in [3.63, 3.8) is 0 Å². The molecule has 0 unspecified atom stereocenters. The Morgan fingerprint density at radius 2 is 1.80 bits per heavy atom. The number of methoxy groups -OCH3 is 1. The molecule has 0 saturated carbocycles. The van der Waals surface area contributed by atoms with Gasteiger partial charge >= 0.3 is 0 Å². The van der Waals surface area contributed by atoms with E-state index in [1.54, 1.807) is 11.8 Å². The summed E-state index contributed by atoms with van der Waals surface area (Å²) in [5.41, 5.74) is 13.6. The SMILES string of the molecule is COCc1cccc(Cn2cc(-c3nc(N)nc4c3CCc3ccccc3-4)nn2)n1. The predicted octanol–water partition coefficient (Wildman–Crippen LogP) is 2.67. The Kier molecular flexibility index (Phi) is 4.68. The summed E-state index contributed by atoms with van der Waals surface area (Å²) in [6.45, 7) is 0.987. The van der Waals surface area contributed by atoms with Crippen LogP contribution >= 0.6 is 0 Å². The summed E-state index contributed by atoms with van der Waals surface area (Å²) in [5, 5.41) is 8.64. The van der Waals surface area contributed by atoms with Gasteiger partial charge in [0.25, 0.3) is 0 Å². The van der Waals surface area contributed by atoms with E-state index in [4.69, 9.17) is 10.5 Å². The molecule has 3 aromatic heterocycles. The fourth-order valence-corrected chi connectivity index (χ4v) is 3.90. The van der Waals surface area contributed by atoms with Crippen LogP contribution in [0.25, 0.3) is 22.6 Å². The predicted molar refractivity (Wildman–Crippen MR) is 112 cm³/mol. The highest BCUT2D eigenvalue weighted by atomic mass is 16.5. The molecule has 0 fully saturated rings. The van der Waals surface area contributed by atoms with E-state index in [9.17, 15) is 0 Å². The molecule has 0 atom stereocenters. The van der Waals surface area contributed by atoms with Gasteiger partial charge in [0.1, 0.15) is 11.4 Å². The van der Waals surface area contributed by atoms with E-state index in [2.05, 4.69) is 43.5 Å². The number of benzene rings is 1. The third kappa shape index (κ3) is 3.42. The number of nitrogen functional groups attached to an aromatic ring is 1. The molecule has 1 aliphatic carbocycles. The molecule has 2 N–H and O–H groups in total. The number of hydrogen-bond donors (Lipinski definition) is 1. The highest BCUT2D eigenvalue weighted by molar-refractivity contribution is 5.76. The second-order valence-corrected chi connectivity index (χ2v) is 7.27. The van der Waals surface area contributed by atoms with Crippen molar-refractivity contribution in [1.82, 2.24) is 29.9 Å². The second-order valence-electron chi connectivity index (χ2n) is 7.27. The van der Waals surface area contributed by atoms with Crippen molar-refractivity contribution in [2.45, 2.75) is 26.0 Å². The van der Waals surface area contributed by atoms with Crippen LogP contribution in [0.2, 0.25) is 0 Å². The number of aromatic nitrogens is 6. The Balaban J connectivity index is 1.49. The Hall–Kier alpha value is -3.65. The monoisotopic (exact) mass is 399 g/mol. The number of ether oxygens (including phenoxy) is 1. The summed E-state index contributed by atoms with van der Waals surface area (Å²) in [7, 11) is 1.66. The summed E-state index contributed by atoms with van der Waals surface area (Å²) in [4.78, 5) is 13.6. The fraction of sp³-hybridized carbons (Fsp3) is 0.227. The molecule has 0 amide bonds. The first-order valence-corrected chi connectivity index (χ1v) is 9.80. The van der Waals surface area contributed by atoms with Gasteiger partial charge in [-0.25, -0.2) is 14.6 Å². The molecule has 0 radical (unpaired) electrons. The lowest BCUT2D eigenvalue weighted by Crippen LogP contribution is -2.11. The lowest BCUT2D eigenvalue weighted by Gasteiger charge is -2.20. The molecular weight excluding hydrogens is 378 g/mol. The van der Waals surface area contributed by atoms with Crippen molar-refractivity contribution in [2.24, 2.45) is 0 Å². The van der Waals surface area contributed by atoms with Crippen molar-refractivity contribution in [1.29, 1.82) is 0 Å². The van der Waals surface area contributed by atoms with E-state index in [1.165, 1.54) is 5.56 Å². The van der Waals surface area contributed by atoms with E-state index in [-0.39, 0.29) is 5.95 Å². The average Bonchev–Trinajstić information content (AvgIpc) is 3.22. The summed E-state index contributed by atoms with van der Waals surface area (Å²) in [6, 6.07) is 14.2. The molecule has 0 bridgehead atoms. The zero-order valence-corrected chi connectivity index (χ0v) is 16.6. The van der Waals surface area contributed by atoms with Crippen LogP contribution in [-0.4, -0.2) is 37.1 Å². The molecule has 0 aliphatic heterocycles. The van der Waals surface area contributed by atoms with E-state index >= 15 is 0 Å². The first-order valence-electron chi connectivity index (χ1n) is 9.80. The number of hydrogen-bond acceptors (Lipinski definition) is 7. The maximum Gasteiger partial charge on any atom is 0.221 e. The fourth-order valence-electron chi connectivity index (χ4n) is 3.90. The lowest BCUT2D eigenvalue weighted by molar-refractivity contribution is 0.181. The first kappa shape index (κ1) is 18.4. The van der Waals surface area contributed by atoms with Crippen LogP contribution in [0.5, 0.6) is 0 Å². The Bertz CT molecular complexity index is 1220. The van der Waals surface area contributed by atoms with Gasteiger partial charge in [-0.1, -0.05) is 35.5 Å². The number of rotatable bonds is 5. The van der Waals surface area contributed by atoms with Gasteiger partial charge in [-0.05, 0) is 30.5 Å². The molecule has 1 aliphatic rings. The van der Waals surface area contributed by atoms with Crippen molar-refractivity contribution in [2.75, 3.05) is 12.8 Å². The molecule has 0 spiro atoms. The first-order chi connectivity index (χ1) is 14.7. The molecule has 5 rings (SSSR count). The molecule has 30 heavy (non-hydrogen) atoms. The normalized spacial score (nSPS) is 12.4. The molecule has 0 saturated heterocycles. The second kappa shape index (κ2) is 7.64. The molecule has 8 heteroatoms. The van der Waals surface area contributed by atoms with Crippen LogP contribution in [0.3, 0.4) is 0 Å². The summed E-state index contributed by atoms with van der Waals surface area (Å²) < 4.78 is 6.92. The zero-order chi connectivity index (χ0) is 20.5. The molecule has 1 aromatic carbocycles. The Labute approximate surface area is 173 Å². The van der Waals surface area contributed by atoms with Gasteiger partial charge in [-0.15, -0.1) is 5.10 Å². The van der Waals surface area contributed by atoms with Crippen molar-refractivity contribution in [3.8, 4) is 22.6 Å². The molecular formula is C22H21N7O. The molecule has 3 heterocycles. The third-order valence-electron chi connectivity index (χ3n) is 5.20. The van der Waals surface area contributed by atoms with Gasteiger partial charge in [-0.2, -0.15) is 0 Å². The van der Waals surface area contributed by atoms with Crippen LogP contribution in [0.15, 0.2) is 48.7 Å². The lowest BCUT2D eigenvalue weighted by atomic mass is 9.88. The number of nitrogens with two attached hydrogens (primary N) is 1. The smallest absolute Gasteiger partial charge is 0.221 e. The quantitative estimate of drug-likeness (QED) is 0.550. The van der Waals surface area contributed by atoms with E-state index in [0.717, 1.165) is 46.7 Å². The van der Waals surface area contributed by atoms with E-state index in [1.807, 2.05) is 30.5 Å². The standard InChI is InChI=1S/C22H21N7O/c1-30-13-16-7-4-6-15(24-16)11-29-12-19(27-28-29)21-18-10-9-14-5-2-3-8-17(14)20(18)25-22(23)26-21/h2-8,12H,9-11,13H2,1H3,(H2,23,25,26). The summed E-state index contributed by atoms with van der Waals surface area (Å²) in [6.07, 6.45) is 3.66. The van der Waals surface area contributed by atoms with Gasteiger partial charge < -0.3 is 10.5 Å². The van der Waals surface area contributed by atoms with Gasteiger partial charge in [0.2, 0.25) is 5.95 Å². The van der Waals surface area contributed by atoms with Gasteiger partial charge in [-0.3, -0.25) is 4.98 Å². The van der Waals surface area contributed by atoms with Gasteiger partial charge in [0.15, 0.2) is 0 Å². The number of pyridine rings is 1. The maximum atomic E-state index is 6.05. The van der Waals surface area contributed by atoms with Crippen LogP contribution in [-0.2, 0) is 30.7 Å². The van der Waals surface area contributed by atoms with Crippen molar-refractivity contribution < 1.29 is 4.74 Å². The third-order valence-corrected chi connectivity index (χ3v) is 5.20. The Morgan fingerprint density at radius 1 is 0.967 bits per heavy atom. The van der Waals surface area contributed by atoms with Crippen LogP contribution in [0.1, 0.15) is 22.5 Å². The molecule has 4 aromatic rings. The van der Waals surface area contributed by atoms with Crippen molar-refractivity contribution >= 4 is 5.95 Å². The van der Waals surface area contributed by atoms with E-state index in [0.29, 0.717) is 18.8 Å². The topological polar surface area (TPSA) is 105 Å². The maximum absolute atomic E-state index is 6.05. The zero-order valence-electron chi connectivity index (χ0n) is 16.6. The number of nitrogens with zero attached hydrogens (tertiary/aromatic N) is 6.